The van der Waals surface area contributed by atoms with Gasteiger partial charge in [-0.25, -0.2) is 0 Å². The van der Waals surface area contributed by atoms with Crippen LogP contribution in [0.5, 0.6) is 0 Å². The van der Waals surface area contributed by atoms with Gasteiger partial charge in [0.2, 0.25) is 5.91 Å². The zero-order chi connectivity index (χ0) is 22.6. The zero-order valence-corrected chi connectivity index (χ0v) is 18.8. The highest BCUT2D eigenvalue weighted by Crippen LogP contribution is 2.35. The number of carbonyl (C=O) groups excluding carboxylic acids is 1. The smallest absolute Gasteiger partial charge is 0.307 e. The van der Waals surface area contributed by atoms with Crippen molar-refractivity contribution in [2.24, 2.45) is 23.7 Å². The van der Waals surface area contributed by atoms with E-state index in [9.17, 15) is 24.9 Å². The van der Waals surface area contributed by atoms with Crippen LogP contribution in [0.3, 0.4) is 0 Å². The Kier molecular flexibility index (Phi) is 8.68. The van der Waals surface area contributed by atoms with E-state index in [0.29, 0.717) is 19.3 Å². The van der Waals surface area contributed by atoms with E-state index >= 15 is 0 Å². The third kappa shape index (κ3) is 5.72. The Balaban J connectivity index is 2.28. The molecule has 1 amide bonds. The topological polar surface area (TPSA) is 125 Å². The number of aliphatic hydroxyl groups excluding tert-OH is 2. The predicted octanol–water partition coefficient (Wildman–Crippen LogP) is 1.92. The highest BCUT2D eigenvalue weighted by molar-refractivity contribution is 5.85. The van der Waals surface area contributed by atoms with Crippen LogP contribution >= 0.6 is 0 Å². The highest BCUT2D eigenvalue weighted by atomic mass is 16.7. The van der Waals surface area contributed by atoms with Crippen molar-refractivity contribution in [1.82, 2.24) is 5.32 Å². The molecule has 0 spiro atoms. The molecule has 1 aliphatic heterocycles. The van der Waals surface area contributed by atoms with Gasteiger partial charge >= 0.3 is 5.97 Å². The van der Waals surface area contributed by atoms with Crippen LogP contribution in [0.25, 0.3) is 0 Å². The molecule has 4 N–H and O–H groups in total. The number of hydrogen-bond donors (Lipinski definition) is 4. The number of nitrogens with one attached hydrogen (secondary N) is 1. The third-order valence-electron chi connectivity index (χ3n) is 6.76. The van der Waals surface area contributed by atoms with Gasteiger partial charge in [-0.1, -0.05) is 33.6 Å². The van der Waals surface area contributed by atoms with Crippen molar-refractivity contribution < 1.29 is 34.4 Å². The number of carbonyl (C=O) groups is 2. The predicted molar refractivity (Wildman–Crippen MR) is 111 cm³/mol. The summed E-state index contributed by atoms with van der Waals surface area (Å²) in [4.78, 5) is 24.7. The van der Waals surface area contributed by atoms with Gasteiger partial charge in [0.1, 0.15) is 6.04 Å². The summed E-state index contributed by atoms with van der Waals surface area (Å²) in [6.45, 7) is 9.34. The van der Waals surface area contributed by atoms with Gasteiger partial charge in [0, 0.05) is 5.92 Å². The molecule has 5 unspecified atom stereocenters. The number of amides is 1. The molecule has 2 aliphatic rings. The Morgan fingerprint density at radius 2 is 1.80 bits per heavy atom. The van der Waals surface area contributed by atoms with Crippen LogP contribution in [-0.2, 0) is 19.1 Å². The van der Waals surface area contributed by atoms with Crippen molar-refractivity contribution in [3.63, 3.8) is 0 Å². The maximum absolute atomic E-state index is 13.1. The summed E-state index contributed by atoms with van der Waals surface area (Å²) >= 11 is 0. The molecular weight excluding hydrogens is 390 g/mol. The van der Waals surface area contributed by atoms with Crippen molar-refractivity contribution in [2.75, 3.05) is 6.61 Å². The Morgan fingerprint density at radius 3 is 2.30 bits per heavy atom. The second-order valence-corrected chi connectivity index (χ2v) is 9.64. The van der Waals surface area contributed by atoms with Crippen LogP contribution in [0.2, 0.25) is 0 Å². The van der Waals surface area contributed by atoms with E-state index in [1.807, 2.05) is 34.6 Å². The molecule has 8 heteroatoms. The molecule has 1 saturated carbocycles. The van der Waals surface area contributed by atoms with Crippen LogP contribution in [0, 0.1) is 23.7 Å². The number of rotatable bonds is 8. The lowest BCUT2D eigenvalue weighted by Gasteiger charge is -2.48. The molecule has 1 heterocycles. The first-order valence-corrected chi connectivity index (χ1v) is 11.2. The molecule has 1 saturated heterocycles. The molecule has 2 rings (SSSR count). The minimum Gasteiger partial charge on any atom is -0.481 e. The van der Waals surface area contributed by atoms with Crippen LogP contribution in [-0.4, -0.2) is 63.9 Å². The van der Waals surface area contributed by atoms with Gasteiger partial charge in [0.05, 0.1) is 36.3 Å². The fourth-order valence-electron chi connectivity index (χ4n) is 4.62. The summed E-state index contributed by atoms with van der Waals surface area (Å²) in [6, 6.07) is -0.852. The Morgan fingerprint density at radius 1 is 1.20 bits per heavy atom. The van der Waals surface area contributed by atoms with Gasteiger partial charge in [-0.15, -0.1) is 0 Å². The fraction of sp³-hybridized carbons (Fsp3) is 0.909. The van der Waals surface area contributed by atoms with E-state index in [2.05, 4.69) is 5.32 Å². The molecule has 7 atom stereocenters. The molecule has 30 heavy (non-hydrogen) atoms. The minimum atomic E-state index is -0.996. The Bertz CT molecular complexity index is 594. The van der Waals surface area contributed by atoms with Crippen molar-refractivity contribution in [3.05, 3.63) is 0 Å². The van der Waals surface area contributed by atoms with E-state index in [1.54, 1.807) is 0 Å². The SMILES string of the molecule is CCC(C)(C)O[C@@H]1OC(CO)[C@@H](C(C)C)C(O)C1NC(=O)C1CCCCC1C(=O)O. The second kappa shape index (κ2) is 10.4. The van der Waals surface area contributed by atoms with Crippen LogP contribution in [0.1, 0.15) is 66.7 Å². The average molecular weight is 430 g/mol. The lowest BCUT2D eigenvalue weighted by Crippen LogP contribution is -2.65. The zero-order valence-electron chi connectivity index (χ0n) is 18.8. The molecule has 1 aliphatic carbocycles. The van der Waals surface area contributed by atoms with E-state index in [1.165, 1.54) is 0 Å². The third-order valence-corrected chi connectivity index (χ3v) is 6.76. The van der Waals surface area contributed by atoms with E-state index < -0.39 is 53.9 Å². The van der Waals surface area contributed by atoms with Crippen molar-refractivity contribution in [2.45, 2.75) is 96.9 Å². The summed E-state index contributed by atoms with van der Waals surface area (Å²) < 4.78 is 12.1. The molecule has 2 fully saturated rings. The van der Waals surface area contributed by atoms with Crippen molar-refractivity contribution >= 4 is 11.9 Å². The van der Waals surface area contributed by atoms with Crippen molar-refractivity contribution in [3.8, 4) is 0 Å². The van der Waals surface area contributed by atoms with Gasteiger partial charge in [0.15, 0.2) is 6.29 Å². The largest absolute Gasteiger partial charge is 0.481 e. The van der Waals surface area contributed by atoms with E-state index in [4.69, 9.17) is 9.47 Å². The monoisotopic (exact) mass is 429 g/mol. The Hall–Kier alpha value is -1.22. The average Bonchev–Trinajstić information content (AvgIpc) is 2.69. The normalized spacial score (nSPS) is 35.3. The molecule has 174 valence electrons. The summed E-state index contributed by atoms with van der Waals surface area (Å²) in [5.41, 5.74) is -0.563. The number of carboxylic acids is 1. The van der Waals surface area contributed by atoms with Crippen LogP contribution in [0.15, 0.2) is 0 Å². The maximum atomic E-state index is 13.1. The molecule has 8 nitrogen and oxygen atoms in total. The summed E-state index contributed by atoms with van der Waals surface area (Å²) in [5.74, 6) is -3.11. The number of aliphatic hydroxyl groups is 2. The van der Waals surface area contributed by atoms with Crippen molar-refractivity contribution in [1.29, 1.82) is 0 Å². The first-order chi connectivity index (χ1) is 14.0. The lowest BCUT2D eigenvalue weighted by molar-refractivity contribution is -0.290. The van der Waals surface area contributed by atoms with Gasteiger partial charge < -0.3 is 30.1 Å². The number of ether oxygens (including phenoxy) is 2. The number of carboxylic acid groups (broad SMARTS) is 1. The van der Waals surface area contributed by atoms with Gasteiger partial charge in [-0.3, -0.25) is 9.59 Å². The number of aliphatic carboxylic acids is 1. The molecule has 0 aromatic heterocycles. The summed E-state index contributed by atoms with van der Waals surface area (Å²) in [5, 5.41) is 33.4. The summed E-state index contributed by atoms with van der Waals surface area (Å²) in [6.07, 6.45) is 0.696. The standard InChI is InChI=1S/C22H39NO7/c1-6-22(4,5)30-21-17(18(25)16(12(2)3)15(11-24)29-21)23-19(26)13-9-7-8-10-14(13)20(27)28/h12-18,21,24-25H,6-11H2,1-5H3,(H,23,26)(H,27,28)/t13?,14?,15?,16-,17?,18?,21+/m1/s1. The molecule has 0 aromatic rings. The second-order valence-electron chi connectivity index (χ2n) is 9.64. The van der Waals surface area contributed by atoms with Gasteiger partial charge in [0.25, 0.3) is 0 Å². The lowest BCUT2D eigenvalue weighted by atomic mass is 9.77. The molecule has 0 aromatic carbocycles. The fourth-order valence-corrected chi connectivity index (χ4v) is 4.62. The minimum absolute atomic E-state index is 0.00173. The van der Waals surface area contributed by atoms with Crippen LogP contribution < -0.4 is 5.32 Å². The Labute approximate surface area is 179 Å². The molecule has 0 radical (unpaired) electrons. The summed E-state index contributed by atoms with van der Waals surface area (Å²) in [7, 11) is 0. The van der Waals surface area contributed by atoms with Gasteiger partial charge in [-0.2, -0.15) is 0 Å². The highest BCUT2D eigenvalue weighted by Gasteiger charge is 2.49. The number of hydrogen-bond acceptors (Lipinski definition) is 6. The maximum Gasteiger partial charge on any atom is 0.307 e. The first kappa shape index (κ1) is 25.0. The van der Waals surface area contributed by atoms with E-state index in [-0.39, 0.29) is 18.4 Å². The first-order valence-electron chi connectivity index (χ1n) is 11.2. The van der Waals surface area contributed by atoms with Crippen LogP contribution in [0.4, 0.5) is 0 Å². The van der Waals surface area contributed by atoms with E-state index in [0.717, 1.165) is 12.8 Å². The quantitative estimate of drug-likeness (QED) is 0.464. The van der Waals surface area contributed by atoms with Gasteiger partial charge in [-0.05, 0) is 39.0 Å². The molecular formula is C22H39NO7. The molecule has 0 bridgehead atoms.